The van der Waals surface area contributed by atoms with Gasteiger partial charge in [-0.05, 0) is 37.3 Å². The molecule has 0 spiro atoms. The van der Waals surface area contributed by atoms with E-state index >= 15 is 0 Å². The van der Waals surface area contributed by atoms with E-state index in [4.69, 9.17) is 0 Å². The number of ether oxygens (including phenoxy) is 1. The average Bonchev–Trinajstić information content (AvgIpc) is 3.18. The summed E-state index contributed by atoms with van der Waals surface area (Å²) in [4.78, 5) is 24.9. The largest absolute Gasteiger partial charge is 0.573 e. The van der Waals surface area contributed by atoms with Gasteiger partial charge in [-0.1, -0.05) is 0 Å². The molecule has 2 aromatic rings. The Balaban J connectivity index is 1.72. The molecule has 1 aliphatic heterocycles. The molecular weight excluding hydrogens is 433 g/mol. The summed E-state index contributed by atoms with van der Waals surface area (Å²) in [6.07, 6.45) is -4.85. The van der Waals surface area contributed by atoms with Gasteiger partial charge in [-0.15, -0.1) is 24.5 Å². The first kappa shape index (κ1) is 21.7. The van der Waals surface area contributed by atoms with Gasteiger partial charge in [0, 0.05) is 12.3 Å². The molecule has 0 bridgehead atoms. The van der Waals surface area contributed by atoms with Crippen molar-refractivity contribution in [2.24, 2.45) is 11.0 Å². The van der Waals surface area contributed by atoms with E-state index in [1.54, 1.807) is 0 Å². The van der Waals surface area contributed by atoms with Crippen molar-refractivity contribution in [3.05, 3.63) is 40.6 Å². The molecule has 160 valence electrons. The van der Waals surface area contributed by atoms with Gasteiger partial charge in [0.05, 0.1) is 22.0 Å². The highest BCUT2D eigenvalue weighted by Crippen LogP contribution is 2.34. The summed E-state index contributed by atoms with van der Waals surface area (Å²) < 4.78 is 67.2. The van der Waals surface area contributed by atoms with Gasteiger partial charge in [0.1, 0.15) is 5.75 Å². The predicted molar refractivity (Wildman–Crippen MR) is 99.7 cm³/mol. The van der Waals surface area contributed by atoms with E-state index in [1.165, 1.54) is 24.4 Å². The van der Waals surface area contributed by atoms with Crippen molar-refractivity contribution in [3.8, 4) is 5.75 Å². The minimum Gasteiger partial charge on any atom is -0.406 e. The van der Waals surface area contributed by atoms with Crippen LogP contribution in [0.5, 0.6) is 5.75 Å². The Morgan fingerprint density at radius 2 is 1.83 bits per heavy atom. The van der Waals surface area contributed by atoms with E-state index in [0.717, 1.165) is 41.5 Å². The maximum atomic E-state index is 13.3. The monoisotopic (exact) mass is 447 g/mol. The molecule has 1 aliphatic rings. The van der Waals surface area contributed by atoms with Crippen LogP contribution in [-0.4, -0.2) is 23.9 Å². The molecule has 12 heteroatoms. The second-order valence-corrected chi connectivity index (χ2v) is 7.35. The summed E-state index contributed by atoms with van der Waals surface area (Å²) in [5.74, 6) is -6.33. The second-order valence-electron chi connectivity index (χ2n) is 6.44. The maximum absolute atomic E-state index is 13.3. The molecule has 6 nitrogen and oxygen atoms in total. The number of carbonyl (C=O) groups excluding carboxylic acids is 2. The van der Waals surface area contributed by atoms with Crippen molar-refractivity contribution in [2.75, 3.05) is 10.3 Å². The molecule has 30 heavy (non-hydrogen) atoms. The number of alkyl halides is 5. The van der Waals surface area contributed by atoms with Crippen molar-refractivity contribution < 1.29 is 36.3 Å². The molecule has 0 radical (unpaired) electrons. The van der Waals surface area contributed by atoms with E-state index < -0.39 is 35.8 Å². The Morgan fingerprint density at radius 3 is 2.37 bits per heavy atom. The summed E-state index contributed by atoms with van der Waals surface area (Å²) in [7, 11) is 0. The number of nitrogens with zero attached hydrogens (tertiary/aromatic N) is 2. The Kier molecular flexibility index (Phi) is 5.54. The van der Waals surface area contributed by atoms with Gasteiger partial charge in [-0.2, -0.15) is 10.1 Å². The first-order valence-electron chi connectivity index (χ1n) is 8.38. The smallest absolute Gasteiger partial charge is 0.406 e. The highest BCUT2D eigenvalue weighted by atomic mass is 32.1. The Morgan fingerprint density at radius 1 is 1.20 bits per heavy atom. The third kappa shape index (κ3) is 4.75. The van der Waals surface area contributed by atoms with Gasteiger partial charge in [-0.3, -0.25) is 9.59 Å². The van der Waals surface area contributed by atoms with Crippen LogP contribution in [0, 0.1) is 5.92 Å². The van der Waals surface area contributed by atoms with Crippen LogP contribution in [0.15, 0.2) is 40.8 Å². The fourth-order valence-corrected chi connectivity index (χ4v) is 3.47. The van der Waals surface area contributed by atoms with Crippen molar-refractivity contribution in [3.63, 3.8) is 0 Å². The van der Waals surface area contributed by atoms with Crippen LogP contribution >= 0.6 is 11.3 Å². The number of thiophene rings is 1. The van der Waals surface area contributed by atoms with Gasteiger partial charge >= 0.3 is 6.36 Å². The lowest BCUT2D eigenvalue weighted by atomic mass is 10.0. The highest BCUT2D eigenvalue weighted by molar-refractivity contribution is 7.10. The van der Waals surface area contributed by atoms with Gasteiger partial charge in [0.2, 0.25) is 5.91 Å². The lowest BCUT2D eigenvalue weighted by molar-refractivity contribution is -0.274. The Labute approximate surface area is 170 Å². The second kappa shape index (κ2) is 7.67. The van der Waals surface area contributed by atoms with Crippen molar-refractivity contribution >= 4 is 40.2 Å². The van der Waals surface area contributed by atoms with Crippen LogP contribution in [0.25, 0.3) is 0 Å². The highest BCUT2D eigenvalue weighted by Gasteiger charge is 2.40. The van der Waals surface area contributed by atoms with Crippen molar-refractivity contribution in [2.45, 2.75) is 26.1 Å². The molecule has 1 aromatic heterocycles. The fraction of sp³-hybridized carbons (Fsp3) is 0.278. The molecule has 0 fully saturated rings. The first-order valence-corrected chi connectivity index (χ1v) is 9.26. The van der Waals surface area contributed by atoms with Crippen LogP contribution in [-0.2, 0) is 15.5 Å². The number of nitrogens with one attached hydrogen (secondary N) is 1. The fourth-order valence-electron chi connectivity index (χ4n) is 2.69. The summed E-state index contributed by atoms with van der Waals surface area (Å²) in [5, 5.41) is 8.61. The third-order valence-corrected chi connectivity index (χ3v) is 5.11. The lowest BCUT2D eigenvalue weighted by Crippen LogP contribution is -2.36. The molecule has 1 N–H and O–H groups in total. The number of carbonyl (C=O) groups is 2. The Bertz CT molecular complexity index is 996. The van der Waals surface area contributed by atoms with Gasteiger partial charge < -0.3 is 10.1 Å². The van der Waals surface area contributed by atoms with Gasteiger partial charge in [0.25, 0.3) is 11.8 Å². The predicted octanol–water partition coefficient (Wildman–Crippen LogP) is 4.74. The number of hydrazone groups is 1. The number of hydrogen-bond acceptors (Lipinski definition) is 5. The molecule has 0 saturated heterocycles. The summed E-state index contributed by atoms with van der Waals surface area (Å²) in [6.45, 7) is 2.16. The standard InChI is InChI=1S/C18H14F5N3O3S/c1-9-14(15(27)24-10-7-13(30-8-10)17(2,19)20)16(28)26(25-9)11-3-5-12(6-4-11)29-18(21,22)23/h3-8,14H,1-2H3,(H,24,27). The number of halogens is 5. The van der Waals surface area contributed by atoms with E-state index in [9.17, 15) is 31.5 Å². The SMILES string of the molecule is CC1=NN(c2ccc(OC(F)(F)F)cc2)C(=O)C1C(=O)Nc1csc(C(C)(F)F)c1. The van der Waals surface area contributed by atoms with E-state index in [0.29, 0.717) is 0 Å². The zero-order chi connectivity index (χ0) is 22.3. The topological polar surface area (TPSA) is 71.0 Å². The Hall–Kier alpha value is -3.02. The molecule has 1 unspecified atom stereocenters. The average molecular weight is 447 g/mol. The van der Waals surface area contributed by atoms with Crippen molar-refractivity contribution in [1.82, 2.24) is 0 Å². The summed E-state index contributed by atoms with van der Waals surface area (Å²) in [5.41, 5.74) is 0.395. The molecular formula is C18H14F5N3O3S. The third-order valence-electron chi connectivity index (χ3n) is 4.01. The van der Waals surface area contributed by atoms with Crippen LogP contribution < -0.4 is 15.1 Å². The lowest BCUT2D eigenvalue weighted by Gasteiger charge is -2.15. The molecule has 1 aromatic carbocycles. The normalized spacial score (nSPS) is 17.2. The zero-order valence-corrected chi connectivity index (χ0v) is 16.3. The molecule has 0 aliphatic carbocycles. The molecule has 2 amide bonds. The molecule has 0 saturated carbocycles. The minimum absolute atomic E-state index is 0.120. The number of benzene rings is 1. The van der Waals surface area contributed by atoms with Crippen LogP contribution in [0.2, 0.25) is 0 Å². The van der Waals surface area contributed by atoms with Crippen LogP contribution in [0.4, 0.5) is 33.3 Å². The maximum Gasteiger partial charge on any atom is 0.573 e. The summed E-state index contributed by atoms with van der Waals surface area (Å²) in [6, 6.07) is 5.50. The minimum atomic E-state index is -4.85. The number of rotatable bonds is 5. The number of amides is 2. The molecule has 3 rings (SSSR count). The van der Waals surface area contributed by atoms with Crippen molar-refractivity contribution in [1.29, 1.82) is 0 Å². The quantitative estimate of drug-likeness (QED) is 0.532. The van der Waals surface area contributed by atoms with Crippen LogP contribution in [0.1, 0.15) is 18.7 Å². The van der Waals surface area contributed by atoms with E-state index in [-0.39, 0.29) is 22.0 Å². The van der Waals surface area contributed by atoms with Crippen LogP contribution in [0.3, 0.4) is 0 Å². The molecule has 2 heterocycles. The molecule has 1 atom stereocenters. The number of hydrogen-bond donors (Lipinski definition) is 1. The zero-order valence-electron chi connectivity index (χ0n) is 15.5. The first-order chi connectivity index (χ1) is 13.8. The van der Waals surface area contributed by atoms with E-state index in [2.05, 4.69) is 15.2 Å². The number of anilines is 2. The van der Waals surface area contributed by atoms with Gasteiger partial charge in [0.15, 0.2) is 5.92 Å². The van der Waals surface area contributed by atoms with E-state index in [1.807, 2.05) is 0 Å². The van der Waals surface area contributed by atoms with Gasteiger partial charge in [-0.25, -0.2) is 8.78 Å². The summed E-state index contributed by atoms with van der Waals surface area (Å²) >= 11 is 0.763.